The van der Waals surface area contributed by atoms with E-state index in [0.717, 1.165) is 10.9 Å². The Hall–Kier alpha value is -2.34. The van der Waals surface area contributed by atoms with Crippen LogP contribution in [0.25, 0.3) is 0 Å². The van der Waals surface area contributed by atoms with Crippen LogP contribution in [-0.4, -0.2) is 23.7 Å². The maximum Gasteiger partial charge on any atom is 0.347 e. The van der Waals surface area contributed by atoms with Crippen LogP contribution in [0.2, 0.25) is 0 Å². The fourth-order valence-corrected chi connectivity index (χ4v) is 2.41. The second-order valence-corrected chi connectivity index (χ2v) is 6.81. The summed E-state index contributed by atoms with van der Waals surface area (Å²) < 4.78 is 11.7. The van der Waals surface area contributed by atoms with Crippen LogP contribution in [0.15, 0.2) is 46.9 Å². The van der Waals surface area contributed by atoms with Crippen LogP contribution in [0.4, 0.5) is 0 Å². The Bertz CT molecular complexity index is 770. The van der Waals surface area contributed by atoms with Gasteiger partial charge in [-0.15, -0.1) is 0 Å². The van der Waals surface area contributed by atoms with Gasteiger partial charge in [0.15, 0.2) is 0 Å². The summed E-state index contributed by atoms with van der Waals surface area (Å²) in [5, 5.41) is 9.02. The highest BCUT2D eigenvalue weighted by Gasteiger charge is 2.17. The Morgan fingerprint density at radius 1 is 1.16 bits per heavy atom. The molecule has 5 nitrogen and oxygen atoms in total. The standard InChI is InChI=1S/C19H19BrO5/c1-12(2)8-9-24-17-7-6-14(20)11-16(17)19(23)25-15-5-3-4-13(10-15)18(21)22/h3-7,10-12H,8-9H2,1-2H3,(H,21,22). The van der Waals surface area contributed by atoms with E-state index in [-0.39, 0.29) is 16.9 Å². The SMILES string of the molecule is CC(C)CCOc1ccc(Br)cc1C(=O)Oc1cccc(C(=O)O)c1. The third kappa shape index (κ3) is 5.60. The molecule has 0 bridgehead atoms. The molecule has 132 valence electrons. The Kier molecular flexibility index (Phi) is 6.58. The van der Waals surface area contributed by atoms with E-state index in [1.54, 1.807) is 18.2 Å². The van der Waals surface area contributed by atoms with Gasteiger partial charge >= 0.3 is 11.9 Å². The number of carbonyl (C=O) groups is 2. The number of esters is 1. The molecule has 6 heteroatoms. The number of ether oxygens (including phenoxy) is 2. The maximum absolute atomic E-state index is 12.5. The molecule has 0 aliphatic heterocycles. The largest absolute Gasteiger partial charge is 0.493 e. The van der Waals surface area contributed by atoms with Crippen molar-refractivity contribution in [1.82, 2.24) is 0 Å². The maximum atomic E-state index is 12.5. The van der Waals surface area contributed by atoms with Gasteiger partial charge in [0.25, 0.3) is 0 Å². The van der Waals surface area contributed by atoms with Crippen molar-refractivity contribution in [3.8, 4) is 11.5 Å². The molecule has 0 fully saturated rings. The molecule has 0 amide bonds. The van der Waals surface area contributed by atoms with E-state index in [9.17, 15) is 9.59 Å². The van der Waals surface area contributed by atoms with Gasteiger partial charge in [-0.05, 0) is 48.7 Å². The van der Waals surface area contributed by atoms with Crippen molar-refractivity contribution in [2.24, 2.45) is 5.92 Å². The first-order valence-corrected chi connectivity index (χ1v) is 8.64. The predicted molar refractivity (Wildman–Crippen MR) is 97.5 cm³/mol. The van der Waals surface area contributed by atoms with Crippen LogP contribution in [0, 0.1) is 5.92 Å². The molecule has 0 spiro atoms. The van der Waals surface area contributed by atoms with Gasteiger partial charge in [-0.3, -0.25) is 0 Å². The van der Waals surface area contributed by atoms with Gasteiger partial charge in [-0.2, -0.15) is 0 Å². The molecule has 25 heavy (non-hydrogen) atoms. The predicted octanol–water partition coefficient (Wildman–Crippen LogP) is 4.79. The average Bonchev–Trinajstić information content (AvgIpc) is 2.56. The third-order valence-corrected chi connectivity index (χ3v) is 3.90. The number of aromatic carboxylic acids is 1. The second kappa shape index (κ2) is 8.67. The smallest absolute Gasteiger partial charge is 0.347 e. The fourth-order valence-electron chi connectivity index (χ4n) is 2.05. The average molecular weight is 407 g/mol. The first-order valence-electron chi connectivity index (χ1n) is 7.84. The summed E-state index contributed by atoms with van der Waals surface area (Å²) in [5.74, 6) is -0.604. The van der Waals surface area contributed by atoms with E-state index in [2.05, 4.69) is 29.8 Å². The molecule has 0 unspecified atom stereocenters. The van der Waals surface area contributed by atoms with Crippen LogP contribution < -0.4 is 9.47 Å². The molecular formula is C19H19BrO5. The van der Waals surface area contributed by atoms with Crippen molar-refractivity contribution in [3.05, 3.63) is 58.1 Å². The van der Waals surface area contributed by atoms with Gasteiger partial charge in [0, 0.05) is 4.47 Å². The monoisotopic (exact) mass is 406 g/mol. The first-order chi connectivity index (χ1) is 11.9. The zero-order valence-electron chi connectivity index (χ0n) is 14.0. The lowest BCUT2D eigenvalue weighted by Gasteiger charge is -2.13. The Balaban J connectivity index is 2.18. The number of rotatable bonds is 7. The van der Waals surface area contributed by atoms with E-state index in [1.807, 2.05) is 0 Å². The second-order valence-electron chi connectivity index (χ2n) is 5.89. The minimum absolute atomic E-state index is 0.0490. The highest BCUT2D eigenvalue weighted by molar-refractivity contribution is 9.10. The third-order valence-electron chi connectivity index (χ3n) is 3.41. The summed E-state index contributed by atoms with van der Waals surface area (Å²) in [6.07, 6.45) is 0.866. The molecule has 0 radical (unpaired) electrons. The molecule has 2 rings (SSSR count). The van der Waals surface area contributed by atoms with Crippen LogP contribution >= 0.6 is 15.9 Å². The van der Waals surface area contributed by atoms with E-state index in [0.29, 0.717) is 18.3 Å². The number of carbonyl (C=O) groups excluding carboxylic acids is 1. The lowest BCUT2D eigenvalue weighted by Crippen LogP contribution is -2.12. The number of halogens is 1. The zero-order valence-corrected chi connectivity index (χ0v) is 15.6. The van der Waals surface area contributed by atoms with Crippen molar-refractivity contribution in [2.45, 2.75) is 20.3 Å². The Morgan fingerprint density at radius 2 is 1.92 bits per heavy atom. The Morgan fingerprint density at radius 3 is 2.60 bits per heavy atom. The summed E-state index contributed by atoms with van der Waals surface area (Å²) in [6, 6.07) is 10.9. The minimum Gasteiger partial charge on any atom is -0.493 e. The minimum atomic E-state index is -1.09. The molecule has 0 aromatic heterocycles. The molecule has 0 saturated heterocycles. The highest BCUT2D eigenvalue weighted by Crippen LogP contribution is 2.26. The van der Waals surface area contributed by atoms with E-state index >= 15 is 0 Å². The number of benzene rings is 2. The number of hydrogen-bond donors (Lipinski definition) is 1. The zero-order chi connectivity index (χ0) is 18.4. The van der Waals surface area contributed by atoms with Crippen LogP contribution in [0.5, 0.6) is 11.5 Å². The van der Waals surface area contributed by atoms with Crippen LogP contribution in [-0.2, 0) is 0 Å². The molecule has 2 aromatic carbocycles. The van der Waals surface area contributed by atoms with Crippen molar-refractivity contribution in [1.29, 1.82) is 0 Å². The highest BCUT2D eigenvalue weighted by atomic mass is 79.9. The van der Waals surface area contributed by atoms with Gasteiger partial charge in [0.2, 0.25) is 0 Å². The first kappa shape index (κ1) is 19.0. The van der Waals surface area contributed by atoms with E-state index < -0.39 is 11.9 Å². The molecule has 0 aliphatic carbocycles. The molecule has 0 aliphatic rings. The number of hydrogen-bond acceptors (Lipinski definition) is 4. The quantitative estimate of drug-likeness (QED) is 0.528. The number of carboxylic acid groups (broad SMARTS) is 1. The van der Waals surface area contributed by atoms with Crippen molar-refractivity contribution in [3.63, 3.8) is 0 Å². The Labute approximate surface area is 154 Å². The molecule has 2 aromatic rings. The van der Waals surface area contributed by atoms with Crippen molar-refractivity contribution in [2.75, 3.05) is 6.61 Å². The summed E-state index contributed by atoms with van der Waals surface area (Å²) in [5.41, 5.74) is 0.326. The molecule has 0 saturated carbocycles. The van der Waals surface area contributed by atoms with E-state index in [1.165, 1.54) is 24.3 Å². The van der Waals surface area contributed by atoms with Gasteiger partial charge in [-0.1, -0.05) is 35.8 Å². The topological polar surface area (TPSA) is 72.8 Å². The van der Waals surface area contributed by atoms with Gasteiger partial charge in [0.1, 0.15) is 17.1 Å². The van der Waals surface area contributed by atoms with E-state index in [4.69, 9.17) is 14.6 Å². The van der Waals surface area contributed by atoms with Gasteiger partial charge < -0.3 is 14.6 Å². The lowest BCUT2D eigenvalue weighted by atomic mass is 10.1. The summed E-state index contributed by atoms with van der Waals surface area (Å²) in [4.78, 5) is 23.5. The van der Waals surface area contributed by atoms with Gasteiger partial charge in [0.05, 0.1) is 12.2 Å². The summed E-state index contributed by atoms with van der Waals surface area (Å²) >= 11 is 3.33. The summed E-state index contributed by atoms with van der Waals surface area (Å²) in [7, 11) is 0. The molecule has 0 atom stereocenters. The number of carboxylic acids is 1. The lowest BCUT2D eigenvalue weighted by molar-refractivity contribution is 0.0686. The van der Waals surface area contributed by atoms with Crippen molar-refractivity contribution < 1.29 is 24.2 Å². The molecular weight excluding hydrogens is 388 g/mol. The fraction of sp³-hybridized carbons (Fsp3) is 0.263. The summed E-state index contributed by atoms with van der Waals surface area (Å²) in [6.45, 7) is 4.68. The van der Waals surface area contributed by atoms with Crippen LogP contribution in [0.1, 0.15) is 41.0 Å². The molecule has 1 N–H and O–H groups in total. The normalized spacial score (nSPS) is 10.6. The molecule has 0 heterocycles. The van der Waals surface area contributed by atoms with Crippen molar-refractivity contribution >= 4 is 27.9 Å². The van der Waals surface area contributed by atoms with Crippen LogP contribution in [0.3, 0.4) is 0 Å². The van der Waals surface area contributed by atoms with Gasteiger partial charge in [-0.25, -0.2) is 9.59 Å².